The SMILES string of the molecule is COC(=O)[C@@H](OC(C)(C)C)c1c(C)cc2nc3cn2c1N1CCC(C)(CC1)OCCC=CC[C@H](C)Oc1cc(F)cc(F)c1-c1cccc-3c1. The van der Waals surface area contributed by atoms with E-state index in [1.165, 1.54) is 13.2 Å². The van der Waals surface area contributed by atoms with E-state index in [0.717, 1.165) is 42.3 Å². The number of hydrogen-bond acceptors (Lipinski definition) is 7. The fraction of sp³-hybridized carbons (Fsp3) is 0.450. The molecule has 266 valence electrons. The molecule has 0 aliphatic carbocycles. The van der Waals surface area contributed by atoms with Crippen LogP contribution in [0.2, 0.25) is 0 Å². The molecule has 4 aromatic rings. The summed E-state index contributed by atoms with van der Waals surface area (Å²) in [5, 5.41) is 0. The maximum Gasteiger partial charge on any atom is 0.339 e. The number of carbonyl (C=O) groups is 1. The van der Waals surface area contributed by atoms with E-state index in [9.17, 15) is 9.18 Å². The molecular formula is C40H47F2N3O5. The van der Waals surface area contributed by atoms with Gasteiger partial charge in [-0.25, -0.2) is 18.6 Å². The molecule has 8 nitrogen and oxygen atoms in total. The summed E-state index contributed by atoms with van der Waals surface area (Å²) in [6.07, 6.45) is 7.58. The van der Waals surface area contributed by atoms with Crippen LogP contribution >= 0.6 is 0 Å². The first-order valence-electron chi connectivity index (χ1n) is 17.3. The number of pyridine rings is 1. The first-order valence-corrected chi connectivity index (χ1v) is 17.3. The van der Waals surface area contributed by atoms with E-state index in [-0.39, 0.29) is 23.0 Å². The number of fused-ring (bicyclic) bond motifs is 8. The van der Waals surface area contributed by atoms with Crippen LogP contribution in [-0.4, -0.2) is 59.5 Å². The van der Waals surface area contributed by atoms with Gasteiger partial charge in [-0.05, 0) is 84.1 Å². The standard InChI is InChI=1S/C40H47F2N3O5/c1-25-20-33-43-31-24-45(33)37(34(25)36(38(46)47-7)50-39(3,4)5)44-17-15-40(6,16-18-44)48-19-10-8-9-12-26(2)49-32-23-29(41)22-30(42)35(32)28-14-11-13-27(31)21-28/h8-9,11,13-14,20-24,26,36H,10,12,15-19H2,1-7H3/t26-,36-/m0/s1. The zero-order valence-electron chi connectivity index (χ0n) is 30.0. The van der Waals surface area contributed by atoms with Crippen LogP contribution in [0.25, 0.3) is 28.0 Å². The number of benzene rings is 2. The molecular weight excluding hydrogens is 640 g/mol. The number of rotatable bonds is 3. The average Bonchev–Trinajstić information content (AvgIpc) is 3.47. The van der Waals surface area contributed by atoms with E-state index in [1.54, 1.807) is 6.07 Å². The van der Waals surface area contributed by atoms with Gasteiger partial charge < -0.3 is 23.8 Å². The molecule has 3 aliphatic rings. The van der Waals surface area contributed by atoms with Crippen molar-refractivity contribution in [3.8, 4) is 28.1 Å². The number of aromatic nitrogens is 2. The van der Waals surface area contributed by atoms with Crippen LogP contribution in [0.15, 0.2) is 60.8 Å². The van der Waals surface area contributed by atoms with Gasteiger partial charge in [0.1, 0.15) is 28.8 Å². The summed E-state index contributed by atoms with van der Waals surface area (Å²) in [4.78, 5) is 20.7. The molecule has 1 fully saturated rings. The van der Waals surface area contributed by atoms with Crippen molar-refractivity contribution < 1.29 is 32.5 Å². The van der Waals surface area contributed by atoms with Crippen molar-refractivity contribution in [2.24, 2.45) is 0 Å². The maximum absolute atomic E-state index is 15.6. The molecule has 0 N–H and O–H groups in total. The molecule has 6 bridgehead atoms. The summed E-state index contributed by atoms with van der Waals surface area (Å²) in [5.74, 6) is -0.962. The van der Waals surface area contributed by atoms with E-state index in [2.05, 4.69) is 17.9 Å². The van der Waals surface area contributed by atoms with Gasteiger partial charge in [0.25, 0.3) is 0 Å². The zero-order chi connectivity index (χ0) is 35.8. The number of imidazole rings is 1. The number of nitrogens with zero attached hydrogens (tertiary/aromatic N) is 3. The first-order chi connectivity index (χ1) is 23.7. The number of carbonyl (C=O) groups excluding carboxylic acids is 1. The third-order valence-corrected chi connectivity index (χ3v) is 9.41. The number of piperidine rings is 1. The molecule has 2 aromatic carbocycles. The number of ether oxygens (including phenoxy) is 4. The van der Waals surface area contributed by atoms with Gasteiger partial charge in [-0.15, -0.1) is 0 Å². The number of anilines is 1. The second-order valence-corrected chi connectivity index (χ2v) is 14.6. The van der Waals surface area contributed by atoms with Crippen LogP contribution in [-0.2, 0) is 19.0 Å². The molecule has 0 spiro atoms. The topological polar surface area (TPSA) is 74.5 Å². The Hall–Kier alpha value is -4.28. The summed E-state index contributed by atoms with van der Waals surface area (Å²) >= 11 is 0. The number of esters is 1. The Morgan fingerprint density at radius 1 is 1.08 bits per heavy atom. The Morgan fingerprint density at radius 3 is 2.54 bits per heavy atom. The number of halogens is 2. The van der Waals surface area contributed by atoms with Crippen LogP contribution in [0.1, 0.15) is 77.5 Å². The number of aryl methyl sites for hydroxylation is 1. The van der Waals surface area contributed by atoms with Crippen molar-refractivity contribution in [1.82, 2.24) is 9.38 Å². The highest BCUT2D eigenvalue weighted by atomic mass is 19.1. The Kier molecular flexibility index (Phi) is 10.1. The third kappa shape index (κ3) is 7.56. The fourth-order valence-corrected chi connectivity index (χ4v) is 6.85. The minimum absolute atomic E-state index is 0.136. The first kappa shape index (κ1) is 35.5. The molecule has 0 unspecified atom stereocenters. The highest BCUT2D eigenvalue weighted by Crippen LogP contribution is 2.41. The highest BCUT2D eigenvalue weighted by molar-refractivity contribution is 5.82. The lowest BCUT2D eigenvalue weighted by Gasteiger charge is -2.41. The Morgan fingerprint density at radius 2 is 1.82 bits per heavy atom. The quantitative estimate of drug-likeness (QED) is 0.158. The largest absolute Gasteiger partial charge is 0.490 e. The minimum atomic E-state index is -0.985. The van der Waals surface area contributed by atoms with Gasteiger partial charge in [0.2, 0.25) is 0 Å². The average molecular weight is 688 g/mol. The van der Waals surface area contributed by atoms with Gasteiger partial charge in [0, 0.05) is 49.0 Å². The molecule has 7 rings (SSSR count). The predicted octanol–water partition coefficient (Wildman–Crippen LogP) is 8.78. The number of methoxy groups -OCH3 is 1. The zero-order valence-corrected chi connectivity index (χ0v) is 30.0. The summed E-state index contributed by atoms with van der Waals surface area (Å²) < 4.78 is 56.4. The summed E-state index contributed by atoms with van der Waals surface area (Å²) in [5.41, 5.74) is 3.40. The van der Waals surface area contributed by atoms with Gasteiger partial charge in [-0.3, -0.25) is 4.40 Å². The van der Waals surface area contributed by atoms with Crippen LogP contribution in [0.5, 0.6) is 5.75 Å². The fourth-order valence-electron chi connectivity index (χ4n) is 6.85. The molecule has 5 heterocycles. The Balaban J connectivity index is 1.55. The summed E-state index contributed by atoms with van der Waals surface area (Å²) in [6.45, 7) is 13.7. The van der Waals surface area contributed by atoms with Gasteiger partial charge in [-0.2, -0.15) is 0 Å². The van der Waals surface area contributed by atoms with Crippen LogP contribution in [0, 0.1) is 18.6 Å². The van der Waals surface area contributed by atoms with Crippen molar-refractivity contribution in [3.05, 3.63) is 83.6 Å². The molecule has 3 aliphatic heterocycles. The molecule has 0 amide bonds. The lowest BCUT2D eigenvalue weighted by atomic mass is 9.92. The van der Waals surface area contributed by atoms with Crippen molar-refractivity contribution in [3.63, 3.8) is 0 Å². The monoisotopic (exact) mass is 687 g/mol. The smallest absolute Gasteiger partial charge is 0.339 e. The normalized spacial score (nSPS) is 20.7. The van der Waals surface area contributed by atoms with E-state index >= 15 is 4.39 Å². The predicted molar refractivity (Wildman–Crippen MR) is 191 cm³/mol. The van der Waals surface area contributed by atoms with Crippen molar-refractivity contribution >= 4 is 17.4 Å². The molecule has 2 aromatic heterocycles. The summed E-state index contributed by atoms with van der Waals surface area (Å²) in [7, 11) is 1.37. The van der Waals surface area contributed by atoms with E-state index in [4.69, 9.17) is 23.9 Å². The van der Waals surface area contributed by atoms with Gasteiger partial charge in [-0.1, -0.05) is 30.4 Å². The van der Waals surface area contributed by atoms with Crippen LogP contribution < -0.4 is 9.64 Å². The Labute approximate surface area is 293 Å². The molecule has 0 saturated carbocycles. The van der Waals surface area contributed by atoms with Gasteiger partial charge >= 0.3 is 5.97 Å². The Bertz CT molecular complexity index is 1910. The summed E-state index contributed by atoms with van der Waals surface area (Å²) in [6, 6.07) is 11.4. The number of hydrogen-bond donors (Lipinski definition) is 0. The lowest BCUT2D eigenvalue weighted by molar-refractivity contribution is -0.164. The van der Waals surface area contributed by atoms with E-state index < -0.39 is 29.3 Å². The van der Waals surface area contributed by atoms with Crippen LogP contribution in [0.4, 0.5) is 14.6 Å². The van der Waals surface area contributed by atoms with Crippen molar-refractivity contribution in [2.75, 3.05) is 31.7 Å². The van der Waals surface area contributed by atoms with E-state index in [1.807, 2.05) is 75.6 Å². The highest BCUT2D eigenvalue weighted by Gasteiger charge is 2.37. The minimum Gasteiger partial charge on any atom is -0.490 e. The van der Waals surface area contributed by atoms with Gasteiger partial charge in [0.15, 0.2) is 6.10 Å². The van der Waals surface area contributed by atoms with Crippen molar-refractivity contribution in [1.29, 1.82) is 0 Å². The second kappa shape index (κ2) is 14.2. The molecule has 0 radical (unpaired) electrons. The van der Waals surface area contributed by atoms with Crippen molar-refractivity contribution in [2.45, 2.75) is 90.6 Å². The maximum atomic E-state index is 15.6. The second-order valence-electron chi connectivity index (χ2n) is 14.6. The molecule has 1 saturated heterocycles. The third-order valence-electron chi connectivity index (χ3n) is 9.41. The molecule has 50 heavy (non-hydrogen) atoms. The molecule has 2 atom stereocenters. The van der Waals surface area contributed by atoms with E-state index in [0.29, 0.717) is 48.6 Å². The van der Waals surface area contributed by atoms with Gasteiger partial charge in [0.05, 0.1) is 42.3 Å². The lowest BCUT2D eigenvalue weighted by Crippen LogP contribution is -2.45. The van der Waals surface area contributed by atoms with Crippen LogP contribution in [0.3, 0.4) is 0 Å². The molecule has 10 heteroatoms.